The normalized spacial score (nSPS) is 19.2. The van der Waals surface area contributed by atoms with Gasteiger partial charge in [-0.1, -0.05) is 5.16 Å². The van der Waals surface area contributed by atoms with Crippen LogP contribution in [0.15, 0.2) is 4.52 Å². The van der Waals surface area contributed by atoms with E-state index in [9.17, 15) is 0 Å². The average molecular weight is 262 g/mol. The first-order chi connectivity index (χ1) is 9.24. The van der Waals surface area contributed by atoms with Gasteiger partial charge >= 0.3 is 0 Å². The third-order valence-corrected chi connectivity index (χ3v) is 3.65. The largest absolute Gasteiger partial charge is 0.381 e. The van der Waals surface area contributed by atoms with Gasteiger partial charge in [-0.25, -0.2) is 0 Å². The third kappa shape index (κ3) is 2.53. The van der Waals surface area contributed by atoms with Gasteiger partial charge in [0.1, 0.15) is 0 Å². The highest BCUT2D eigenvalue weighted by Crippen LogP contribution is 2.22. The number of aromatic amines is 1. The van der Waals surface area contributed by atoms with Gasteiger partial charge in [-0.15, -0.1) is 0 Å². The lowest BCUT2D eigenvalue weighted by molar-refractivity contribution is 0.192. The molecule has 0 radical (unpaired) electrons. The van der Waals surface area contributed by atoms with E-state index in [1.807, 2.05) is 13.8 Å². The summed E-state index contributed by atoms with van der Waals surface area (Å²) in [6, 6.07) is 0. The van der Waals surface area contributed by atoms with E-state index < -0.39 is 0 Å². The fourth-order valence-corrected chi connectivity index (χ4v) is 2.45. The fourth-order valence-electron chi connectivity index (χ4n) is 2.45. The first kappa shape index (κ1) is 12.3. The summed E-state index contributed by atoms with van der Waals surface area (Å²) < 4.78 is 10.6. The summed E-state index contributed by atoms with van der Waals surface area (Å²) >= 11 is 0. The molecule has 1 atom stereocenters. The summed E-state index contributed by atoms with van der Waals surface area (Å²) in [5, 5.41) is 11.2. The van der Waals surface area contributed by atoms with Crippen molar-refractivity contribution in [2.45, 2.75) is 39.0 Å². The maximum Gasteiger partial charge on any atom is 0.226 e. The number of hydrogen-bond acceptors (Lipinski definition) is 5. The van der Waals surface area contributed by atoms with Crippen molar-refractivity contribution in [3.63, 3.8) is 0 Å². The van der Waals surface area contributed by atoms with Crippen LogP contribution in [0.3, 0.4) is 0 Å². The minimum absolute atomic E-state index is 0.301. The summed E-state index contributed by atoms with van der Waals surface area (Å²) in [5.74, 6) is 1.78. The Kier molecular flexibility index (Phi) is 3.33. The summed E-state index contributed by atoms with van der Waals surface area (Å²) in [4.78, 5) is 4.46. The van der Waals surface area contributed by atoms with Crippen LogP contribution < -0.4 is 0 Å². The molecule has 0 aliphatic carbocycles. The van der Waals surface area contributed by atoms with Crippen LogP contribution in [0.1, 0.15) is 41.0 Å². The van der Waals surface area contributed by atoms with E-state index in [4.69, 9.17) is 9.26 Å². The highest BCUT2D eigenvalue weighted by atomic mass is 16.5. The van der Waals surface area contributed by atoms with Gasteiger partial charge in [0, 0.05) is 24.6 Å². The Morgan fingerprint density at radius 1 is 1.32 bits per heavy atom. The van der Waals surface area contributed by atoms with Crippen molar-refractivity contribution in [3.8, 4) is 0 Å². The van der Waals surface area contributed by atoms with Gasteiger partial charge in [0.05, 0.1) is 12.3 Å². The number of nitrogens with zero attached hydrogens (tertiary/aromatic N) is 3. The van der Waals surface area contributed by atoms with E-state index in [0.29, 0.717) is 18.4 Å². The van der Waals surface area contributed by atoms with Crippen LogP contribution >= 0.6 is 0 Å². The van der Waals surface area contributed by atoms with Gasteiger partial charge < -0.3 is 9.26 Å². The topological polar surface area (TPSA) is 76.8 Å². The van der Waals surface area contributed by atoms with Gasteiger partial charge in [0.25, 0.3) is 0 Å². The van der Waals surface area contributed by atoms with Gasteiger partial charge in [-0.2, -0.15) is 10.1 Å². The van der Waals surface area contributed by atoms with Crippen molar-refractivity contribution < 1.29 is 9.26 Å². The van der Waals surface area contributed by atoms with E-state index in [1.54, 1.807) is 0 Å². The quantitative estimate of drug-likeness (QED) is 0.907. The number of hydrogen-bond donors (Lipinski definition) is 1. The summed E-state index contributed by atoms with van der Waals surface area (Å²) in [6.45, 7) is 5.54. The first-order valence-corrected chi connectivity index (χ1v) is 6.64. The summed E-state index contributed by atoms with van der Waals surface area (Å²) in [5.41, 5.74) is 3.40. The van der Waals surface area contributed by atoms with E-state index in [2.05, 4.69) is 20.3 Å². The number of aryl methyl sites for hydroxylation is 3. The third-order valence-electron chi connectivity index (χ3n) is 3.65. The standard InChI is InChI=1S/C13H18N4O2/c1-8-11(9(2)16-15-8)3-4-12-14-13(17-19-12)10-5-6-18-7-10/h10H,3-7H2,1-2H3,(H,15,16). The molecule has 1 aliphatic rings. The lowest BCUT2D eigenvalue weighted by Gasteiger charge is -1.98. The maximum absolute atomic E-state index is 5.34. The second-order valence-electron chi connectivity index (χ2n) is 5.02. The molecule has 1 saturated heterocycles. The Balaban J connectivity index is 1.64. The molecule has 3 rings (SSSR count). The molecule has 1 unspecified atom stereocenters. The molecule has 2 aromatic rings. The first-order valence-electron chi connectivity index (χ1n) is 6.64. The van der Waals surface area contributed by atoms with Crippen molar-refractivity contribution in [3.05, 3.63) is 28.7 Å². The molecular formula is C13H18N4O2. The van der Waals surface area contributed by atoms with Crippen LogP contribution in [0.25, 0.3) is 0 Å². The Morgan fingerprint density at radius 2 is 2.21 bits per heavy atom. The van der Waals surface area contributed by atoms with Crippen molar-refractivity contribution in [2.24, 2.45) is 0 Å². The van der Waals surface area contributed by atoms with E-state index in [0.717, 1.165) is 43.1 Å². The highest BCUT2D eigenvalue weighted by Gasteiger charge is 2.23. The molecule has 1 fully saturated rings. The number of H-pyrrole nitrogens is 1. The molecule has 6 heteroatoms. The molecule has 0 amide bonds. The second kappa shape index (κ2) is 5.13. The minimum atomic E-state index is 0.301. The Bertz CT molecular complexity index is 535. The smallest absolute Gasteiger partial charge is 0.226 e. The zero-order valence-electron chi connectivity index (χ0n) is 11.3. The molecule has 2 aromatic heterocycles. The van der Waals surface area contributed by atoms with Crippen molar-refractivity contribution >= 4 is 0 Å². The Hall–Kier alpha value is -1.69. The lowest BCUT2D eigenvalue weighted by Crippen LogP contribution is -2.00. The Labute approximate surface area is 111 Å². The van der Waals surface area contributed by atoms with Crippen LogP contribution in [-0.4, -0.2) is 33.6 Å². The number of ether oxygens (including phenoxy) is 1. The predicted octanol–water partition coefficient (Wildman–Crippen LogP) is 1.70. The zero-order valence-corrected chi connectivity index (χ0v) is 11.3. The van der Waals surface area contributed by atoms with Gasteiger partial charge in [-0.3, -0.25) is 5.10 Å². The highest BCUT2D eigenvalue weighted by molar-refractivity contribution is 5.23. The van der Waals surface area contributed by atoms with E-state index in [1.165, 1.54) is 5.56 Å². The minimum Gasteiger partial charge on any atom is -0.381 e. The molecule has 0 bridgehead atoms. The number of rotatable bonds is 4. The van der Waals surface area contributed by atoms with E-state index in [-0.39, 0.29) is 0 Å². The van der Waals surface area contributed by atoms with Crippen molar-refractivity contribution in [2.75, 3.05) is 13.2 Å². The van der Waals surface area contributed by atoms with Crippen LogP contribution in [-0.2, 0) is 17.6 Å². The van der Waals surface area contributed by atoms with Crippen molar-refractivity contribution in [1.82, 2.24) is 20.3 Å². The molecule has 102 valence electrons. The molecule has 6 nitrogen and oxygen atoms in total. The molecule has 1 N–H and O–H groups in total. The van der Waals surface area contributed by atoms with Gasteiger partial charge in [0.2, 0.25) is 5.89 Å². The molecule has 1 aliphatic heterocycles. The molecule has 3 heterocycles. The summed E-state index contributed by atoms with van der Waals surface area (Å²) in [6.07, 6.45) is 2.61. The average Bonchev–Trinajstić information content (AvgIpc) is 3.10. The van der Waals surface area contributed by atoms with Gasteiger partial charge in [0.15, 0.2) is 5.82 Å². The van der Waals surface area contributed by atoms with Crippen LogP contribution in [0.4, 0.5) is 0 Å². The predicted molar refractivity (Wildman–Crippen MR) is 67.9 cm³/mol. The fraction of sp³-hybridized carbons (Fsp3) is 0.615. The number of aromatic nitrogens is 4. The molecule has 0 saturated carbocycles. The summed E-state index contributed by atoms with van der Waals surface area (Å²) in [7, 11) is 0. The zero-order chi connectivity index (χ0) is 13.2. The maximum atomic E-state index is 5.34. The second-order valence-corrected chi connectivity index (χ2v) is 5.02. The molecular weight excluding hydrogens is 244 g/mol. The lowest BCUT2D eigenvalue weighted by atomic mass is 10.1. The van der Waals surface area contributed by atoms with E-state index >= 15 is 0 Å². The molecule has 0 aromatic carbocycles. The van der Waals surface area contributed by atoms with Crippen LogP contribution in [0.2, 0.25) is 0 Å². The van der Waals surface area contributed by atoms with Gasteiger partial charge in [-0.05, 0) is 32.3 Å². The number of nitrogens with one attached hydrogen (secondary N) is 1. The van der Waals surface area contributed by atoms with Crippen LogP contribution in [0, 0.1) is 13.8 Å². The van der Waals surface area contributed by atoms with Crippen molar-refractivity contribution in [1.29, 1.82) is 0 Å². The monoisotopic (exact) mass is 262 g/mol. The SMILES string of the molecule is Cc1n[nH]c(C)c1CCc1nc(C2CCOC2)no1. The van der Waals surface area contributed by atoms with Crippen LogP contribution in [0.5, 0.6) is 0 Å². The molecule has 19 heavy (non-hydrogen) atoms. The molecule has 0 spiro atoms. The Morgan fingerprint density at radius 3 is 2.89 bits per heavy atom.